The van der Waals surface area contributed by atoms with Gasteiger partial charge in [-0.25, -0.2) is 13.2 Å². The molecule has 16 unspecified atom stereocenters. The first-order valence-electron chi connectivity index (χ1n) is 56.4. The van der Waals surface area contributed by atoms with Crippen molar-refractivity contribution in [2.45, 2.75) is 473 Å². The van der Waals surface area contributed by atoms with Crippen molar-refractivity contribution in [2.75, 3.05) is 118 Å². The van der Waals surface area contributed by atoms with Crippen LogP contribution < -0.4 is 0 Å². The molecule has 0 aromatic heterocycles. The molecule has 9 aliphatic carbocycles. The molecular weight excluding hydrogens is 1770 g/mol. The SMILES string of the molecule is CCC(=O)N(C(C)C)C1CCOCC1.CCCN(C(=O)C(C)(C)C1CCOCC1)C1CC1.CCCN(C(=O)C1CC12CCOCC2)C1CC1F.CCCN(C(=O)CC12COCC1C2(C)C)C1CC1.CCCN(C(=O)CC1CC(C)OC(C)C1)C1CC1F.CCCN(C(=O)CC1CC2C=CC1O2)C1CC1.CCCN(C(=O)CC1COCC1C(C)C)C1CC1.CCCN(C1CC1F)[C@@H](O)CCCOC(C)C. The lowest BCUT2D eigenvalue weighted by atomic mass is 9.73. The highest BCUT2D eigenvalue weighted by molar-refractivity contribution is 5.84. The lowest BCUT2D eigenvalue weighted by Crippen LogP contribution is -2.47. The number of aliphatic hydroxyl groups is 1. The van der Waals surface area contributed by atoms with Crippen LogP contribution >= 0.6 is 0 Å². The minimum atomic E-state index is -0.789. The van der Waals surface area contributed by atoms with E-state index in [4.69, 9.17) is 37.9 Å². The van der Waals surface area contributed by atoms with Crippen molar-refractivity contribution < 1.29 is 89.7 Å². The van der Waals surface area contributed by atoms with Crippen LogP contribution in [-0.4, -0.2) is 314 Å². The third kappa shape index (κ3) is 34.0. The van der Waals surface area contributed by atoms with Gasteiger partial charge in [-0.05, 0) is 268 Å². The van der Waals surface area contributed by atoms with E-state index in [1.54, 1.807) is 4.90 Å². The molecule has 0 aromatic carbocycles. The quantitative estimate of drug-likeness (QED) is 0.0339. The van der Waals surface area contributed by atoms with Crippen molar-refractivity contribution >= 4 is 41.4 Å². The Labute approximate surface area is 838 Å². The van der Waals surface area contributed by atoms with Crippen molar-refractivity contribution in [3.05, 3.63) is 12.2 Å². The summed E-state index contributed by atoms with van der Waals surface area (Å²) in [6, 6.07) is 2.61. The Morgan fingerprint density at radius 3 is 1.41 bits per heavy atom. The van der Waals surface area contributed by atoms with Crippen LogP contribution in [0.15, 0.2) is 12.2 Å². The number of carbonyl (C=O) groups excluding carboxylic acids is 7. The molecule has 7 saturated heterocycles. The fourth-order valence-electron chi connectivity index (χ4n) is 23.9. The Bertz CT molecular complexity index is 3720. The van der Waals surface area contributed by atoms with Crippen molar-refractivity contribution in [1.82, 2.24) is 39.2 Å². The monoisotopic (exact) mass is 1970 g/mol. The molecule has 139 heavy (non-hydrogen) atoms. The summed E-state index contributed by atoms with van der Waals surface area (Å²) in [6.07, 6.45) is 35.7. The number of hydrogen-bond acceptors (Lipinski definition) is 17. The average molecular weight is 1970 g/mol. The summed E-state index contributed by atoms with van der Waals surface area (Å²) in [4.78, 5) is 103. The van der Waals surface area contributed by atoms with Crippen LogP contribution in [0, 0.1) is 69.0 Å². The normalized spacial score (nSPS) is 30.2. The zero-order valence-electron chi connectivity index (χ0n) is 90.4. The molecule has 8 heterocycles. The fourth-order valence-corrected chi connectivity index (χ4v) is 23.9. The van der Waals surface area contributed by atoms with Gasteiger partial charge in [0.05, 0.1) is 69.0 Å². The van der Waals surface area contributed by atoms with Crippen LogP contribution in [0.25, 0.3) is 0 Å². The summed E-state index contributed by atoms with van der Waals surface area (Å²) < 4.78 is 83.5. The van der Waals surface area contributed by atoms with Crippen LogP contribution in [0.5, 0.6) is 0 Å². The molecule has 17 atom stereocenters. The van der Waals surface area contributed by atoms with Crippen molar-refractivity contribution in [3.8, 4) is 0 Å². The van der Waals surface area contributed by atoms with Crippen LogP contribution in [0.2, 0.25) is 0 Å². The zero-order chi connectivity index (χ0) is 101. The second-order valence-electron chi connectivity index (χ2n) is 46.5. The number of alkyl halides is 3. The molecule has 16 fully saturated rings. The Morgan fingerprint density at radius 1 is 0.489 bits per heavy atom. The molecule has 1 spiro atoms. The molecule has 0 radical (unpaired) electrons. The lowest BCUT2D eigenvalue weighted by Gasteiger charge is -2.39. The first-order chi connectivity index (χ1) is 66.4. The largest absolute Gasteiger partial charge is 0.381 e. The topological polar surface area (TPSA) is 239 Å². The molecule has 7 amide bonds. The van der Waals surface area contributed by atoms with Gasteiger partial charge >= 0.3 is 0 Å². The number of rotatable bonds is 42. The third-order valence-electron chi connectivity index (χ3n) is 33.2. The highest BCUT2D eigenvalue weighted by Gasteiger charge is 2.74. The first-order valence-corrected chi connectivity index (χ1v) is 56.4. The predicted octanol–water partition coefficient (Wildman–Crippen LogP) is 19.3. The van der Waals surface area contributed by atoms with Gasteiger partial charge in [-0.3, -0.25) is 38.5 Å². The van der Waals surface area contributed by atoms with E-state index in [-0.39, 0.29) is 82.4 Å². The molecule has 27 heteroatoms. The summed E-state index contributed by atoms with van der Waals surface area (Å²) >= 11 is 0. The molecule has 1 N–H and O–H groups in total. The Morgan fingerprint density at radius 2 is 0.957 bits per heavy atom. The number of ether oxygens (including phenoxy) is 8. The molecule has 8 aliphatic heterocycles. The number of carbonyl (C=O) groups is 7. The van der Waals surface area contributed by atoms with E-state index in [0.29, 0.717) is 190 Å². The van der Waals surface area contributed by atoms with E-state index in [1.165, 1.54) is 51.4 Å². The van der Waals surface area contributed by atoms with Gasteiger partial charge in [-0.2, -0.15) is 0 Å². The standard InChI is InChI=1S/C15H26FNO2.C15H25NO2.2C15H27NO2.C14H22FNO2.C14H21NO2.C13H26FNO2.C11H21NO2/c1-4-5-17(14-9-13(14)16)15(18)8-12-6-10(2)19-11(3)7-12;1-4-7-16(11-5-6-11)13(17)8-15-10-18-9-12(15)14(15,2)3;1-4-9-16(13-5-6-13)14(17)15(2,3)12-7-10-18-11-8-12;1-4-7-16(13-5-6-13)15(17)8-12-9-18-10-14(12)11(2)3;1-2-5-16(12-8-11(12)15)13(17)10-9-14(10)3-6-18-7-4-14;1-2-7-15(11-3-4-11)14(16)9-10-8-12-5-6-13(10)17-12;1-4-7-15(12-9-11(12)14)13(16)6-5-8-17-10(2)3;1-4-11(13)12(9(2)3)10-5-7-14-8-6-10/h10-14H,4-9H2,1-3H3;11-12H,4-10H2,1-3H3;12-13H,4-11H2,1-3H3;11-14H,4-10H2,1-3H3;10-12H,2-9H2,1H3;5-6,10-13H,2-4,7-9H2,1H3;10-13,16H,4-9H2,1-3H3;9-10H,4-8H2,1-3H3/t;;;;;;11?,12?,13-;/m......0./s1. The van der Waals surface area contributed by atoms with Gasteiger partial charge in [0.2, 0.25) is 41.4 Å². The second kappa shape index (κ2) is 55.4. The number of aliphatic hydroxyl groups excluding tert-OH is 1. The minimum absolute atomic E-state index is 0.0454. The van der Waals surface area contributed by atoms with Crippen molar-refractivity contribution in [1.29, 1.82) is 0 Å². The highest BCUT2D eigenvalue weighted by atomic mass is 19.1. The Balaban J connectivity index is 0.000000164. The molecule has 17 aliphatic rings. The summed E-state index contributed by atoms with van der Waals surface area (Å²) in [5.74, 6) is 5.77. The van der Waals surface area contributed by atoms with E-state index >= 15 is 0 Å². The fraction of sp³-hybridized carbons (Fsp3) is 0.920. The van der Waals surface area contributed by atoms with Gasteiger partial charge in [0, 0.05) is 202 Å². The van der Waals surface area contributed by atoms with Crippen molar-refractivity contribution in [2.24, 2.45) is 69.0 Å². The summed E-state index contributed by atoms with van der Waals surface area (Å²) in [6.45, 7) is 57.0. The number of fused-ring (bicyclic) bond motifs is 3. The van der Waals surface area contributed by atoms with Gasteiger partial charge in [0.25, 0.3) is 0 Å². The molecule has 24 nitrogen and oxygen atoms in total. The number of nitrogens with zero attached hydrogens (tertiary/aromatic N) is 8. The summed E-state index contributed by atoms with van der Waals surface area (Å²) in [5.41, 5.74) is 0.455. The van der Waals surface area contributed by atoms with Crippen LogP contribution in [0.4, 0.5) is 13.2 Å². The van der Waals surface area contributed by atoms with Crippen LogP contribution in [-0.2, 0) is 71.5 Å². The Kier molecular flexibility index (Phi) is 46.4. The zero-order valence-corrected chi connectivity index (χ0v) is 90.4. The van der Waals surface area contributed by atoms with Crippen molar-refractivity contribution in [3.63, 3.8) is 0 Å². The summed E-state index contributed by atoms with van der Waals surface area (Å²) in [7, 11) is 0. The third-order valence-corrected chi connectivity index (χ3v) is 33.2. The van der Waals surface area contributed by atoms with Gasteiger partial charge in [0.15, 0.2) is 0 Å². The number of amides is 7. The molecule has 0 aromatic rings. The lowest BCUT2D eigenvalue weighted by molar-refractivity contribution is -0.146. The van der Waals surface area contributed by atoms with Crippen LogP contribution in [0.3, 0.4) is 0 Å². The molecule has 17 rings (SSSR count). The van der Waals surface area contributed by atoms with Gasteiger partial charge < -0.3 is 77.3 Å². The average Bonchev–Trinajstić information content (AvgIpc) is 1.50. The van der Waals surface area contributed by atoms with E-state index in [9.17, 15) is 51.8 Å². The Hall–Kier alpha value is -4.58. The first kappa shape index (κ1) is 116. The molecule has 800 valence electrons. The number of hydrogen-bond donors (Lipinski definition) is 1. The maximum Gasteiger partial charge on any atom is 0.228 e. The second-order valence-corrected chi connectivity index (χ2v) is 46.5. The van der Waals surface area contributed by atoms with E-state index in [1.807, 2.05) is 49.3 Å². The van der Waals surface area contributed by atoms with E-state index in [2.05, 4.69) is 136 Å². The highest BCUT2D eigenvalue weighted by Crippen LogP contribution is 2.73. The van der Waals surface area contributed by atoms with Crippen LogP contribution in [0.1, 0.15) is 363 Å². The number of halogens is 3. The maximum absolute atomic E-state index is 13.2. The van der Waals surface area contributed by atoms with Gasteiger partial charge in [0.1, 0.15) is 24.7 Å². The predicted molar refractivity (Wildman–Crippen MR) is 542 cm³/mol. The summed E-state index contributed by atoms with van der Waals surface area (Å²) in [5, 5.41) is 10.0. The van der Waals surface area contributed by atoms with Gasteiger partial charge in [-0.15, -0.1) is 0 Å². The van der Waals surface area contributed by atoms with E-state index < -0.39 is 24.7 Å². The molecule has 2 bridgehead atoms. The smallest absolute Gasteiger partial charge is 0.228 e. The molecular formula is C112H195F3N8O16. The van der Waals surface area contributed by atoms with Gasteiger partial charge in [-0.1, -0.05) is 109 Å². The van der Waals surface area contributed by atoms with E-state index in [0.717, 1.165) is 214 Å². The maximum atomic E-state index is 13.2. The minimum Gasteiger partial charge on any atom is -0.381 e. The molecule has 9 saturated carbocycles.